The van der Waals surface area contributed by atoms with Crippen LogP contribution < -0.4 is 9.47 Å². The summed E-state index contributed by atoms with van der Waals surface area (Å²) in [6.45, 7) is 0. The molecular weight excluding hydrogens is 258 g/mol. The fraction of sp³-hybridized carbons (Fsp3) is 0.273. The van der Waals surface area contributed by atoms with Crippen LogP contribution in [0.4, 0.5) is 5.69 Å². The first kappa shape index (κ1) is 14.4. The number of methoxy groups -OCH3 is 2. The van der Waals surface area contributed by atoms with Gasteiger partial charge in [0, 0.05) is 6.07 Å². The Morgan fingerprint density at radius 2 is 1.95 bits per heavy atom. The van der Waals surface area contributed by atoms with Crippen molar-refractivity contribution in [2.75, 3.05) is 14.2 Å². The summed E-state index contributed by atoms with van der Waals surface area (Å²) < 4.78 is 9.76. The summed E-state index contributed by atoms with van der Waals surface area (Å²) in [7, 11) is 2.41. The van der Waals surface area contributed by atoms with Gasteiger partial charge in [0.25, 0.3) is 0 Å². The molecule has 0 amide bonds. The van der Waals surface area contributed by atoms with E-state index < -0.39 is 28.8 Å². The van der Waals surface area contributed by atoms with E-state index in [1.54, 1.807) is 0 Å². The first-order valence-corrected chi connectivity index (χ1v) is 5.06. The minimum absolute atomic E-state index is 0.0219. The smallest absolute Gasteiger partial charge is 0.311 e. The van der Waals surface area contributed by atoms with Crippen molar-refractivity contribution in [3.63, 3.8) is 0 Å². The lowest BCUT2D eigenvalue weighted by atomic mass is 10.0. The minimum atomic E-state index is -1.35. The Morgan fingerprint density at radius 3 is 2.37 bits per heavy atom. The van der Waals surface area contributed by atoms with Gasteiger partial charge in [0.2, 0.25) is 5.75 Å². The Kier molecular flexibility index (Phi) is 4.41. The maximum absolute atomic E-state index is 11.8. The lowest BCUT2D eigenvalue weighted by molar-refractivity contribution is -0.385. The molecular formula is C11H11NO7. The predicted molar refractivity (Wildman–Crippen MR) is 62.8 cm³/mol. The average Bonchev–Trinajstić information content (AvgIpc) is 2.35. The van der Waals surface area contributed by atoms with Crippen LogP contribution in [0, 0.1) is 10.1 Å². The third-order valence-electron chi connectivity index (χ3n) is 2.31. The minimum Gasteiger partial charge on any atom is -0.496 e. The molecule has 8 heteroatoms. The molecule has 1 rings (SSSR count). The molecule has 0 aliphatic heterocycles. The van der Waals surface area contributed by atoms with Crippen molar-refractivity contribution in [3.05, 3.63) is 27.8 Å². The molecule has 0 aromatic heterocycles. The SMILES string of the molecule is COc1ccc([N+](=O)[O-])c(OC)c1C(=O)CC(=O)O. The van der Waals surface area contributed by atoms with Crippen LogP contribution in [-0.2, 0) is 4.79 Å². The summed E-state index contributed by atoms with van der Waals surface area (Å²) in [5, 5.41) is 19.4. The zero-order valence-electron chi connectivity index (χ0n) is 10.2. The van der Waals surface area contributed by atoms with E-state index >= 15 is 0 Å². The number of hydrogen-bond donors (Lipinski definition) is 1. The largest absolute Gasteiger partial charge is 0.496 e. The highest BCUT2D eigenvalue weighted by Crippen LogP contribution is 2.37. The Hall–Kier alpha value is -2.64. The number of Topliss-reactive ketones (excluding diaryl/α,β-unsaturated/α-hetero) is 1. The summed E-state index contributed by atoms with van der Waals surface area (Å²) in [5.74, 6) is -2.46. The van der Waals surface area contributed by atoms with E-state index in [0.29, 0.717) is 0 Å². The van der Waals surface area contributed by atoms with Crippen LogP contribution in [-0.4, -0.2) is 36.0 Å². The summed E-state index contributed by atoms with van der Waals surface area (Å²) in [5.41, 5.74) is -0.682. The van der Waals surface area contributed by atoms with Gasteiger partial charge in [-0.2, -0.15) is 0 Å². The molecule has 0 atom stereocenters. The van der Waals surface area contributed by atoms with Gasteiger partial charge in [-0.15, -0.1) is 0 Å². The molecule has 0 radical (unpaired) electrons. The molecule has 102 valence electrons. The topological polar surface area (TPSA) is 116 Å². The molecule has 0 saturated heterocycles. The van der Waals surface area contributed by atoms with Gasteiger partial charge in [-0.25, -0.2) is 0 Å². The van der Waals surface area contributed by atoms with Gasteiger partial charge in [-0.1, -0.05) is 0 Å². The first-order chi connectivity index (χ1) is 8.92. The van der Waals surface area contributed by atoms with Crippen LogP contribution in [0.15, 0.2) is 12.1 Å². The summed E-state index contributed by atoms with van der Waals surface area (Å²) in [4.78, 5) is 32.5. The van der Waals surface area contributed by atoms with Gasteiger partial charge in [0.15, 0.2) is 5.78 Å². The van der Waals surface area contributed by atoms with Crippen LogP contribution in [0.5, 0.6) is 11.5 Å². The Bertz CT molecular complexity index is 538. The number of carbonyl (C=O) groups excluding carboxylic acids is 1. The number of nitro groups is 1. The molecule has 1 aromatic rings. The van der Waals surface area contributed by atoms with Gasteiger partial charge in [0.1, 0.15) is 17.7 Å². The second-order valence-corrected chi connectivity index (χ2v) is 3.45. The molecule has 19 heavy (non-hydrogen) atoms. The number of nitrogens with zero attached hydrogens (tertiary/aromatic N) is 1. The fourth-order valence-corrected chi connectivity index (χ4v) is 1.56. The lowest BCUT2D eigenvalue weighted by Crippen LogP contribution is -2.11. The van der Waals surface area contributed by atoms with E-state index in [4.69, 9.17) is 14.6 Å². The van der Waals surface area contributed by atoms with Gasteiger partial charge >= 0.3 is 11.7 Å². The van der Waals surface area contributed by atoms with Crippen molar-refractivity contribution in [1.29, 1.82) is 0 Å². The van der Waals surface area contributed by atoms with Crippen LogP contribution in [0.1, 0.15) is 16.8 Å². The van der Waals surface area contributed by atoms with Gasteiger partial charge in [-0.3, -0.25) is 19.7 Å². The number of nitro benzene ring substituents is 1. The maximum Gasteiger partial charge on any atom is 0.311 e. The summed E-state index contributed by atoms with van der Waals surface area (Å²) >= 11 is 0. The van der Waals surface area contributed by atoms with Gasteiger partial charge < -0.3 is 14.6 Å². The molecule has 1 aromatic carbocycles. The van der Waals surface area contributed by atoms with Crippen LogP contribution >= 0.6 is 0 Å². The lowest BCUT2D eigenvalue weighted by Gasteiger charge is -2.11. The molecule has 0 saturated carbocycles. The second-order valence-electron chi connectivity index (χ2n) is 3.45. The summed E-state index contributed by atoms with van der Waals surface area (Å²) in [6, 6.07) is 2.34. The molecule has 0 spiro atoms. The molecule has 0 fully saturated rings. The van der Waals surface area contributed by atoms with Crippen molar-refractivity contribution in [1.82, 2.24) is 0 Å². The number of ketones is 1. The van der Waals surface area contributed by atoms with Crippen LogP contribution in [0.3, 0.4) is 0 Å². The van der Waals surface area contributed by atoms with Gasteiger partial charge in [0.05, 0.1) is 19.1 Å². The van der Waals surface area contributed by atoms with E-state index in [1.165, 1.54) is 13.2 Å². The molecule has 0 aliphatic rings. The number of rotatable bonds is 6. The second kappa shape index (κ2) is 5.80. The highest BCUT2D eigenvalue weighted by atomic mass is 16.6. The number of carboxylic acid groups (broad SMARTS) is 1. The average molecular weight is 269 g/mol. The molecule has 0 aliphatic carbocycles. The van der Waals surface area contributed by atoms with E-state index in [0.717, 1.165) is 13.2 Å². The summed E-state index contributed by atoms with van der Waals surface area (Å²) in [6.07, 6.45) is -0.812. The first-order valence-electron chi connectivity index (χ1n) is 5.06. The Labute approximate surface area is 107 Å². The number of ether oxygens (including phenoxy) is 2. The number of aliphatic carboxylic acids is 1. The standard InChI is InChI=1S/C11H11NO7/c1-18-8-4-3-6(12(16)17)11(19-2)10(8)7(13)5-9(14)15/h3-4H,5H2,1-2H3,(H,14,15). The van der Waals surface area contributed by atoms with Crippen LogP contribution in [0.2, 0.25) is 0 Å². The number of carbonyl (C=O) groups is 2. The number of hydrogen-bond acceptors (Lipinski definition) is 6. The normalized spacial score (nSPS) is 9.79. The Morgan fingerprint density at radius 1 is 1.32 bits per heavy atom. The molecule has 0 heterocycles. The highest BCUT2D eigenvalue weighted by molar-refractivity contribution is 6.09. The fourth-order valence-electron chi connectivity index (χ4n) is 1.56. The molecule has 0 unspecified atom stereocenters. The van der Waals surface area contributed by atoms with Crippen LogP contribution in [0.25, 0.3) is 0 Å². The van der Waals surface area contributed by atoms with E-state index in [9.17, 15) is 19.7 Å². The monoisotopic (exact) mass is 269 g/mol. The quantitative estimate of drug-likeness (QED) is 0.357. The van der Waals surface area contributed by atoms with Gasteiger partial charge in [-0.05, 0) is 6.07 Å². The maximum atomic E-state index is 11.8. The predicted octanol–water partition coefficient (Wildman–Crippen LogP) is 1.27. The third-order valence-corrected chi connectivity index (χ3v) is 2.31. The van der Waals surface area contributed by atoms with E-state index in [1.807, 2.05) is 0 Å². The molecule has 8 nitrogen and oxygen atoms in total. The van der Waals surface area contributed by atoms with E-state index in [-0.39, 0.29) is 17.1 Å². The van der Waals surface area contributed by atoms with Crippen molar-refractivity contribution in [2.24, 2.45) is 0 Å². The van der Waals surface area contributed by atoms with Crippen molar-refractivity contribution >= 4 is 17.4 Å². The van der Waals surface area contributed by atoms with Crippen molar-refractivity contribution in [2.45, 2.75) is 6.42 Å². The number of benzene rings is 1. The van der Waals surface area contributed by atoms with Crippen molar-refractivity contribution < 1.29 is 29.1 Å². The van der Waals surface area contributed by atoms with Crippen molar-refractivity contribution in [3.8, 4) is 11.5 Å². The molecule has 0 bridgehead atoms. The molecule has 1 N–H and O–H groups in total. The van der Waals surface area contributed by atoms with E-state index in [2.05, 4.69) is 0 Å². The Balaban J connectivity index is 3.47. The zero-order chi connectivity index (χ0) is 14.6. The number of carboxylic acids is 1. The third kappa shape index (κ3) is 2.97. The highest BCUT2D eigenvalue weighted by Gasteiger charge is 2.28. The zero-order valence-corrected chi connectivity index (χ0v) is 10.2.